The third-order valence-electron chi connectivity index (χ3n) is 5.20. The number of likely N-dealkylation sites (tertiary alicyclic amines) is 1. The second-order valence-corrected chi connectivity index (χ2v) is 12.7. The number of hydrogen-bond acceptors (Lipinski definition) is 3. The largest absolute Gasteiger partial charge is 0.413 e. The van der Waals surface area contributed by atoms with Crippen molar-refractivity contribution in [3.63, 3.8) is 0 Å². The van der Waals surface area contributed by atoms with Crippen LogP contribution in [0, 0.1) is 0 Å². The van der Waals surface area contributed by atoms with Gasteiger partial charge in [0.15, 0.2) is 8.32 Å². The Bertz CT molecular complexity index is 470. The van der Waals surface area contributed by atoms with Gasteiger partial charge in [-0.05, 0) is 30.1 Å². The molecule has 0 saturated carbocycles. The molecule has 1 saturated heterocycles. The van der Waals surface area contributed by atoms with Gasteiger partial charge in [-0.1, -0.05) is 51.1 Å². The Morgan fingerprint density at radius 2 is 1.86 bits per heavy atom. The minimum Gasteiger partial charge on any atom is -0.413 e. The average molecular weight is 322 g/mol. The summed E-state index contributed by atoms with van der Waals surface area (Å²) in [5.41, 5.74) is 1.30. The molecule has 0 radical (unpaired) electrons. The van der Waals surface area contributed by atoms with Crippen molar-refractivity contribution in [1.82, 2.24) is 4.90 Å². The summed E-state index contributed by atoms with van der Waals surface area (Å²) >= 11 is 0. The van der Waals surface area contributed by atoms with Gasteiger partial charge in [-0.15, -0.1) is 0 Å². The van der Waals surface area contributed by atoms with Crippen LogP contribution < -0.4 is 0 Å². The van der Waals surface area contributed by atoms with Gasteiger partial charge in [-0.25, -0.2) is 0 Å². The van der Waals surface area contributed by atoms with E-state index < -0.39 is 8.32 Å². The van der Waals surface area contributed by atoms with E-state index in [4.69, 9.17) is 4.43 Å². The first-order valence-electron chi connectivity index (χ1n) is 8.29. The van der Waals surface area contributed by atoms with Gasteiger partial charge in [0.05, 0.1) is 12.7 Å². The minimum atomic E-state index is -1.74. The molecule has 1 N–H and O–H groups in total. The van der Waals surface area contributed by atoms with Crippen molar-refractivity contribution < 1.29 is 9.53 Å². The van der Waals surface area contributed by atoms with E-state index in [1.807, 2.05) is 6.07 Å². The first kappa shape index (κ1) is 17.7. The van der Waals surface area contributed by atoms with E-state index in [0.717, 1.165) is 19.5 Å². The summed E-state index contributed by atoms with van der Waals surface area (Å²) in [5, 5.41) is 9.94. The Hall–Kier alpha value is -0.683. The first-order valence-corrected chi connectivity index (χ1v) is 11.2. The normalized spacial score (nSPS) is 23.9. The topological polar surface area (TPSA) is 32.7 Å². The lowest BCUT2D eigenvalue weighted by Crippen LogP contribution is -2.44. The van der Waals surface area contributed by atoms with Gasteiger partial charge in [0, 0.05) is 19.1 Å². The number of aliphatic hydroxyl groups excluding tert-OH is 1. The Kier molecular flexibility index (Phi) is 5.48. The number of hydrogen-bond donors (Lipinski definition) is 1. The number of aliphatic hydroxyl groups is 1. The van der Waals surface area contributed by atoms with Gasteiger partial charge in [0.1, 0.15) is 0 Å². The first-order chi connectivity index (χ1) is 10.2. The van der Waals surface area contributed by atoms with Crippen LogP contribution in [0.15, 0.2) is 30.3 Å². The fourth-order valence-corrected chi connectivity index (χ4v) is 4.18. The van der Waals surface area contributed by atoms with Crippen LogP contribution in [-0.2, 0) is 11.0 Å². The summed E-state index contributed by atoms with van der Waals surface area (Å²) in [6.07, 6.45) is 1.19. The standard InChI is InChI=1S/C18H31NO2Si/c1-18(2,3)22(4,5)21-17-11-16(14-20)19(13-17)12-15-9-7-6-8-10-15/h6-10,16-17,20H,11-14H2,1-5H3/t16-,17+/m1/s1. The van der Waals surface area contributed by atoms with E-state index in [1.54, 1.807) is 0 Å². The smallest absolute Gasteiger partial charge is 0.192 e. The Morgan fingerprint density at radius 1 is 1.23 bits per heavy atom. The van der Waals surface area contributed by atoms with Crippen molar-refractivity contribution in [2.45, 2.75) is 64.0 Å². The van der Waals surface area contributed by atoms with Crippen molar-refractivity contribution in [1.29, 1.82) is 0 Å². The van der Waals surface area contributed by atoms with Crippen LogP contribution in [-0.4, -0.2) is 43.6 Å². The second-order valence-electron chi connectivity index (χ2n) is 7.99. The summed E-state index contributed by atoms with van der Waals surface area (Å²) in [6.45, 7) is 13.5. The monoisotopic (exact) mass is 321 g/mol. The molecule has 1 aliphatic heterocycles. The SMILES string of the molecule is CC(C)(C)[Si](C)(C)O[C@H]1C[C@H](CO)N(Cc2ccccc2)C1. The molecule has 0 bridgehead atoms. The van der Waals surface area contributed by atoms with Crippen LogP contribution in [0.25, 0.3) is 0 Å². The van der Waals surface area contributed by atoms with E-state index in [1.165, 1.54) is 5.56 Å². The Labute approximate surface area is 136 Å². The maximum atomic E-state index is 9.70. The molecule has 22 heavy (non-hydrogen) atoms. The van der Waals surface area contributed by atoms with Crippen molar-refractivity contribution >= 4 is 8.32 Å². The van der Waals surface area contributed by atoms with Crippen molar-refractivity contribution in [2.75, 3.05) is 13.2 Å². The summed E-state index contributed by atoms with van der Waals surface area (Å²) in [5.74, 6) is 0. The summed E-state index contributed by atoms with van der Waals surface area (Å²) < 4.78 is 6.55. The highest BCUT2D eigenvalue weighted by Gasteiger charge is 2.42. The summed E-state index contributed by atoms with van der Waals surface area (Å²) in [6, 6.07) is 10.7. The predicted molar refractivity (Wildman–Crippen MR) is 94.4 cm³/mol. The molecule has 0 aromatic heterocycles. The van der Waals surface area contributed by atoms with E-state index in [2.05, 4.69) is 63.0 Å². The average Bonchev–Trinajstić information content (AvgIpc) is 2.79. The number of rotatable bonds is 5. The highest BCUT2D eigenvalue weighted by atomic mass is 28.4. The Balaban J connectivity index is 2.00. The lowest BCUT2D eigenvalue weighted by atomic mass is 10.2. The number of nitrogens with zero attached hydrogens (tertiary/aromatic N) is 1. The van der Waals surface area contributed by atoms with Gasteiger partial charge in [-0.2, -0.15) is 0 Å². The zero-order chi connectivity index (χ0) is 16.4. The van der Waals surface area contributed by atoms with E-state index >= 15 is 0 Å². The zero-order valence-electron chi connectivity index (χ0n) is 14.7. The van der Waals surface area contributed by atoms with Gasteiger partial charge >= 0.3 is 0 Å². The quantitative estimate of drug-likeness (QED) is 0.840. The van der Waals surface area contributed by atoms with Gasteiger partial charge in [0.2, 0.25) is 0 Å². The minimum absolute atomic E-state index is 0.212. The molecule has 3 nitrogen and oxygen atoms in total. The van der Waals surface area contributed by atoms with E-state index in [-0.39, 0.29) is 23.8 Å². The zero-order valence-corrected chi connectivity index (χ0v) is 15.7. The molecule has 0 amide bonds. The van der Waals surface area contributed by atoms with Crippen LogP contribution in [0.4, 0.5) is 0 Å². The molecule has 1 fully saturated rings. The second kappa shape index (κ2) is 6.83. The summed E-state index contributed by atoms with van der Waals surface area (Å²) in [7, 11) is -1.74. The van der Waals surface area contributed by atoms with Crippen LogP contribution in [0.1, 0.15) is 32.8 Å². The molecule has 2 rings (SSSR count). The molecule has 124 valence electrons. The number of benzene rings is 1. The van der Waals surface area contributed by atoms with Crippen molar-refractivity contribution in [3.05, 3.63) is 35.9 Å². The van der Waals surface area contributed by atoms with E-state index in [9.17, 15) is 5.11 Å². The molecule has 2 atom stereocenters. The fraction of sp³-hybridized carbons (Fsp3) is 0.667. The fourth-order valence-electron chi connectivity index (χ4n) is 2.82. The van der Waals surface area contributed by atoms with Crippen molar-refractivity contribution in [2.24, 2.45) is 0 Å². The highest BCUT2D eigenvalue weighted by Crippen LogP contribution is 2.39. The highest BCUT2D eigenvalue weighted by molar-refractivity contribution is 6.74. The van der Waals surface area contributed by atoms with Crippen LogP contribution in [0.5, 0.6) is 0 Å². The van der Waals surface area contributed by atoms with Crippen LogP contribution in [0.3, 0.4) is 0 Å². The van der Waals surface area contributed by atoms with Gasteiger partial charge in [0.25, 0.3) is 0 Å². The molecule has 0 aliphatic carbocycles. The maximum absolute atomic E-state index is 9.70. The molecule has 1 aliphatic rings. The molecule has 1 aromatic rings. The lowest BCUT2D eigenvalue weighted by Gasteiger charge is -2.38. The van der Waals surface area contributed by atoms with Gasteiger partial charge in [-0.3, -0.25) is 4.90 Å². The third-order valence-corrected chi connectivity index (χ3v) is 9.73. The van der Waals surface area contributed by atoms with Crippen LogP contribution in [0.2, 0.25) is 18.1 Å². The van der Waals surface area contributed by atoms with Crippen molar-refractivity contribution in [3.8, 4) is 0 Å². The van der Waals surface area contributed by atoms with Gasteiger partial charge < -0.3 is 9.53 Å². The molecular formula is C18H31NO2Si. The molecular weight excluding hydrogens is 290 g/mol. The molecule has 1 aromatic carbocycles. The Morgan fingerprint density at radius 3 is 2.41 bits per heavy atom. The molecule has 0 spiro atoms. The molecule has 4 heteroatoms. The lowest BCUT2D eigenvalue weighted by molar-refractivity contribution is 0.150. The van der Waals surface area contributed by atoms with E-state index in [0.29, 0.717) is 0 Å². The summed E-state index contributed by atoms with van der Waals surface area (Å²) in [4.78, 5) is 2.37. The molecule has 1 heterocycles. The third kappa shape index (κ3) is 4.19. The maximum Gasteiger partial charge on any atom is 0.192 e. The predicted octanol–water partition coefficient (Wildman–Crippen LogP) is 3.64. The van der Waals surface area contributed by atoms with Crippen LogP contribution >= 0.6 is 0 Å². The molecule has 0 unspecified atom stereocenters.